The summed E-state index contributed by atoms with van der Waals surface area (Å²) in [4.78, 5) is 15.8. The maximum Gasteiger partial charge on any atom is 0.252 e. The first-order valence-electron chi connectivity index (χ1n) is 5.61. The zero-order chi connectivity index (χ0) is 13.8. The van der Waals surface area contributed by atoms with Crippen molar-refractivity contribution in [2.24, 2.45) is 0 Å². The van der Waals surface area contributed by atoms with Gasteiger partial charge in [-0.2, -0.15) is 0 Å². The monoisotopic (exact) mass is 254 g/mol. The van der Waals surface area contributed by atoms with Gasteiger partial charge in [-0.15, -0.1) is 6.42 Å². The van der Waals surface area contributed by atoms with Crippen LogP contribution in [0.3, 0.4) is 0 Å². The number of carbonyl (C=O) groups is 1. The van der Waals surface area contributed by atoms with Crippen LogP contribution in [0.1, 0.15) is 15.9 Å². The highest BCUT2D eigenvalue weighted by atomic mass is 19.1. The summed E-state index contributed by atoms with van der Waals surface area (Å²) in [6.07, 6.45) is 6.88. The fourth-order valence-corrected chi connectivity index (χ4v) is 1.79. The number of rotatable bonds is 2. The summed E-state index contributed by atoms with van der Waals surface area (Å²) in [5, 5.41) is 2.49. The first kappa shape index (κ1) is 12.8. The average molecular weight is 254 g/mol. The van der Waals surface area contributed by atoms with Gasteiger partial charge < -0.3 is 5.32 Å². The SMILES string of the molecule is C#Cc1c(C(=O)NC)ccnc1-c1ccccc1F. The van der Waals surface area contributed by atoms with Crippen LogP contribution in [-0.2, 0) is 0 Å². The number of halogens is 1. The van der Waals surface area contributed by atoms with Crippen molar-refractivity contribution in [3.05, 3.63) is 53.5 Å². The van der Waals surface area contributed by atoms with Crippen LogP contribution in [0.4, 0.5) is 4.39 Å². The van der Waals surface area contributed by atoms with Crippen molar-refractivity contribution >= 4 is 5.91 Å². The van der Waals surface area contributed by atoms with E-state index < -0.39 is 5.82 Å². The number of aromatic nitrogens is 1. The van der Waals surface area contributed by atoms with Gasteiger partial charge in [0.15, 0.2) is 0 Å². The average Bonchev–Trinajstić information content (AvgIpc) is 2.46. The zero-order valence-corrected chi connectivity index (χ0v) is 10.3. The van der Waals surface area contributed by atoms with Gasteiger partial charge in [0, 0.05) is 18.8 Å². The summed E-state index contributed by atoms with van der Waals surface area (Å²) >= 11 is 0. The van der Waals surface area contributed by atoms with E-state index in [0.717, 1.165) is 0 Å². The summed E-state index contributed by atoms with van der Waals surface area (Å²) in [6.45, 7) is 0. The van der Waals surface area contributed by atoms with Crippen LogP contribution >= 0.6 is 0 Å². The van der Waals surface area contributed by atoms with Gasteiger partial charge in [0.25, 0.3) is 5.91 Å². The van der Waals surface area contributed by atoms with E-state index >= 15 is 0 Å². The molecule has 1 amide bonds. The summed E-state index contributed by atoms with van der Waals surface area (Å²) < 4.78 is 13.8. The van der Waals surface area contributed by atoms with Crippen molar-refractivity contribution in [3.8, 4) is 23.6 Å². The second kappa shape index (κ2) is 5.32. The Morgan fingerprint density at radius 1 is 1.37 bits per heavy atom. The molecule has 0 aliphatic heterocycles. The van der Waals surface area contributed by atoms with Crippen molar-refractivity contribution in [2.75, 3.05) is 7.05 Å². The molecule has 0 saturated heterocycles. The Labute approximate surface area is 110 Å². The Morgan fingerprint density at radius 3 is 2.74 bits per heavy atom. The van der Waals surface area contributed by atoms with E-state index in [9.17, 15) is 9.18 Å². The predicted molar refractivity (Wildman–Crippen MR) is 71.0 cm³/mol. The van der Waals surface area contributed by atoms with Gasteiger partial charge in [0.2, 0.25) is 0 Å². The fourth-order valence-electron chi connectivity index (χ4n) is 1.79. The second-order valence-electron chi connectivity index (χ2n) is 3.79. The van der Waals surface area contributed by atoms with Crippen molar-refractivity contribution in [1.29, 1.82) is 0 Å². The fraction of sp³-hybridized carbons (Fsp3) is 0.0667. The third-order valence-corrected chi connectivity index (χ3v) is 2.70. The Balaban J connectivity index is 2.70. The Kier molecular flexibility index (Phi) is 3.58. The van der Waals surface area contributed by atoms with Crippen LogP contribution in [0.2, 0.25) is 0 Å². The Bertz CT molecular complexity index is 674. The van der Waals surface area contributed by atoms with Crippen LogP contribution in [0, 0.1) is 18.2 Å². The minimum Gasteiger partial charge on any atom is -0.355 e. The molecule has 0 unspecified atom stereocenters. The van der Waals surface area contributed by atoms with Gasteiger partial charge in [-0.1, -0.05) is 18.1 Å². The van der Waals surface area contributed by atoms with E-state index in [1.54, 1.807) is 18.2 Å². The van der Waals surface area contributed by atoms with Gasteiger partial charge in [-0.05, 0) is 18.2 Å². The molecule has 1 heterocycles. The largest absolute Gasteiger partial charge is 0.355 e. The van der Waals surface area contributed by atoms with Crippen molar-refractivity contribution < 1.29 is 9.18 Å². The first-order chi connectivity index (χ1) is 9.19. The van der Waals surface area contributed by atoms with E-state index in [2.05, 4.69) is 16.2 Å². The van der Waals surface area contributed by atoms with Gasteiger partial charge in [-0.3, -0.25) is 9.78 Å². The number of amides is 1. The van der Waals surface area contributed by atoms with E-state index in [1.165, 1.54) is 25.4 Å². The molecule has 2 aromatic rings. The van der Waals surface area contributed by atoms with Crippen molar-refractivity contribution in [2.45, 2.75) is 0 Å². The van der Waals surface area contributed by atoms with E-state index in [4.69, 9.17) is 6.42 Å². The maximum absolute atomic E-state index is 13.8. The van der Waals surface area contributed by atoms with Gasteiger partial charge >= 0.3 is 0 Å². The molecule has 2 rings (SSSR count). The third kappa shape index (κ3) is 2.31. The van der Waals surface area contributed by atoms with Crippen molar-refractivity contribution in [1.82, 2.24) is 10.3 Å². The molecule has 0 radical (unpaired) electrons. The smallest absolute Gasteiger partial charge is 0.252 e. The van der Waals surface area contributed by atoms with Crippen molar-refractivity contribution in [3.63, 3.8) is 0 Å². The second-order valence-corrected chi connectivity index (χ2v) is 3.79. The summed E-state index contributed by atoms with van der Waals surface area (Å²) in [5.41, 5.74) is 1.16. The molecule has 4 heteroatoms. The molecule has 0 bridgehead atoms. The predicted octanol–water partition coefficient (Wildman–Crippen LogP) is 2.23. The number of terminal acetylenes is 1. The molecular formula is C15H11FN2O. The molecule has 0 saturated carbocycles. The van der Waals surface area contributed by atoms with E-state index in [-0.39, 0.29) is 17.0 Å². The minimum absolute atomic E-state index is 0.279. The Morgan fingerprint density at radius 2 is 2.11 bits per heavy atom. The number of nitrogens with zero attached hydrogens (tertiary/aromatic N) is 1. The molecule has 1 N–H and O–H groups in total. The topological polar surface area (TPSA) is 42.0 Å². The van der Waals surface area contributed by atoms with E-state index in [1.807, 2.05) is 0 Å². The quantitative estimate of drug-likeness (QED) is 0.835. The molecule has 1 aromatic heterocycles. The summed E-state index contributed by atoms with van der Waals surface area (Å²) in [5.74, 6) is 1.66. The Hall–Kier alpha value is -2.67. The van der Waals surface area contributed by atoms with Crippen LogP contribution in [0.15, 0.2) is 36.5 Å². The minimum atomic E-state index is -0.430. The molecule has 0 aliphatic rings. The first-order valence-corrected chi connectivity index (χ1v) is 5.61. The standard InChI is InChI=1S/C15H11FN2O/c1-3-10-11(15(19)17-2)8-9-18-14(10)12-6-4-5-7-13(12)16/h1,4-9H,2H3,(H,17,19). The highest BCUT2D eigenvalue weighted by molar-refractivity contribution is 5.98. The highest BCUT2D eigenvalue weighted by Crippen LogP contribution is 2.25. The normalized spacial score (nSPS) is 9.74. The molecule has 0 spiro atoms. The van der Waals surface area contributed by atoms with E-state index in [0.29, 0.717) is 11.3 Å². The van der Waals surface area contributed by atoms with Crippen LogP contribution in [0.5, 0.6) is 0 Å². The molecule has 3 nitrogen and oxygen atoms in total. The summed E-state index contributed by atoms with van der Waals surface area (Å²) in [7, 11) is 1.51. The summed E-state index contributed by atoms with van der Waals surface area (Å²) in [6, 6.07) is 7.68. The van der Waals surface area contributed by atoms with Gasteiger partial charge in [0.1, 0.15) is 5.82 Å². The van der Waals surface area contributed by atoms with Gasteiger partial charge in [0.05, 0.1) is 16.8 Å². The molecule has 0 fully saturated rings. The number of nitrogens with one attached hydrogen (secondary N) is 1. The molecule has 0 aliphatic carbocycles. The molecule has 0 atom stereocenters. The third-order valence-electron chi connectivity index (χ3n) is 2.70. The maximum atomic E-state index is 13.8. The lowest BCUT2D eigenvalue weighted by molar-refractivity contribution is 0.0963. The van der Waals surface area contributed by atoms with Crippen LogP contribution < -0.4 is 5.32 Å². The molecule has 94 valence electrons. The van der Waals surface area contributed by atoms with Gasteiger partial charge in [-0.25, -0.2) is 4.39 Å². The van der Waals surface area contributed by atoms with Crippen LogP contribution in [0.25, 0.3) is 11.3 Å². The molecular weight excluding hydrogens is 243 g/mol. The number of pyridine rings is 1. The number of carbonyl (C=O) groups excluding carboxylic acids is 1. The lowest BCUT2D eigenvalue weighted by atomic mass is 10.0. The number of hydrogen-bond acceptors (Lipinski definition) is 2. The molecule has 1 aromatic carbocycles. The van der Waals surface area contributed by atoms with Crippen LogP contribution in [-0.4, -0.2) is 17.9 Å². The zero-order valence-electron chi connectivity index (χ0n) is 10.3. The number of hydrogen-bond donors (Lipinski definition) is 1. The lowest BCUT2D eigenvalue weighted by Crippen LogP contribution is -2.19. The highest BCUT2D eigenvalue weighted by Gasteiger charge is 2.16. The lowest BCUT2D eigenvalue weighted by Gasteiger charge is -2.09. The molecule has 19 heavy (non-hydrogen) atoms. The number of benzene rings is 1.